The second kappa shape index (κ2) is 6.78. The molecule has 0 atom stereocenters. The highest BCUT2D eigenvalue weighted by atomic mass is 35.5. The molecule has 0 aliphatic rings. The molecular weight excluding hydrogens is 315 g/mol. The molecule has 0 aliphatic carbocycles. The zero-order valence-electron chi connectivity index (χ0n) is 10.2. The summed E-state index contributed by atoms with van der Waals surface area (Å²) in [6.07, 6.45) is 0. The Morgan fingerprint density at radius 2 is 2.10 bits per heavy atom. The number of benzene rings is 1. The van der Waals surface area contributed by atoms with Gasteiger partial charge < -0.3 is 11.1 Å². The van der Waals surface area contributed by atoms with Crippen LogP contribution in [0.15, 0.2) is 30.3 Å². The molecule has 0 unspecified atom stereocenters. The fraction of sp³-hybridized carbons (Fsp3) is 0.0714. The first-order chi connectivity index (χ1) is 9.61. The monoisotopic (exact) mass is 324 g/mol. The van der Waals surface area contributed by atoms with Crippen molar-refractivity contribution >= 4 is 46.1 Å². The number of hydrogen-bond donors (Lipinski definition) is 2. The van der Waals surface area contributed by atoms with Crippen molar-refractivity contribution in [3.05, 3.63) is 50.1 Å². The summed E-state index contributed by atoms with van der Waals surface area (Å²) < 4.78 is 0.828. The molecule has 2 rings (SSSR count). The summed E-state index contributed by atoms with van der Waals surface area (Å²) in [5.41, 5.74) is 7.01. The number of rotatable bonds is 2. The fourth-order valence-electron chi connectivity index (χ4n) is 1.53. The van der Waals surface area contributed by atoms with Crippen LogP contribution in [-0.4, -0.2) is 12.5 Å². The SMILES string of the molecule is NCC#Cc1ccccc1NC(=O)c1cc(Cl)sc1Cl. The number of nitrogens with two attached hydrogens (primary N) is 1. The van der Waals surface area contributed by atoms with Crippen molar-refractivity contribution in [3.8, 4) is 11.8 Å². The Hall–Kier alpha value is -1.51. The van der Waals surface area contributed by atoms with E-state index in [1.165, 1.54) is 6.07 Å². The first-order valence-corrected chi connectivity index (χ1v) is 7.23. The average molecular weight is 325 g/mol. The van der Waals surface area contributed by atoms with E-state index in [2.05, 4.69) is 17.2 Å². The quantitative estimate of drug-likeness (QED) is 0.829. The Morgan fingerprint density at radius 1 is 1.35 bits per heavy atom. The van der Waals surface area contributed by atoms with Gasteiger partial charge in [0, 0.05) is 5.56 Å². The molecule has 0 saturated carbocycles. The van der Waals surface area contributed by atoms with E-state index in [-0.39, 0.29) is 12.5 Å². The average Bonchev–Trinajstić information content (AvgIpc) is 2.77. The lowest BCUT2D eigenvalue weighted by atomic mass is 10.1. The molecule has 102 valence electrons. The van der Waals surface area contributed by atoms with E-state index in [9.17, 15) is 4.79 Å². The van der Waals surface area contributed by atoms with Crippen molar-refractivity contribution in [1.82, 2.24) is 0 Å². The third kappa shape index (κ3) is 3.53. The molecule has 20 heavy (non-hydrogen) atoms. The standard InChI is InChI=1S/C14H10Cl2N2OS/c15-12-8-10(13(16)20-12)14(19)18-11-6-2-1-4-9(11)5-3-7-17/h1-2,4,6,8H,7,17H2,(H,18,19). The number of nitrogens with one attached hydrogen (secondary N) is 1. The van der Waals surface area contributed by atoms with E-state index < -0.39 is 0 Å². The number of anilines is 1. The van der Waals surface area contributed by atoms with Crippen LogP contribution in [0, 0.1) is 11.8 Å². The van der Waals surface area contributed by atoms with Crippen LogP contribution in [0.25, 0.3) is 0 Å². The lowest BCUT2D eigenvalue weighted by Gasteiger charge is -2.06. The van der Waals surface area contributed by atoms with Gasteiger partial charge in [-0.15, -0.1) is 11.3 Å². The van der Waals surface area contributed by atoms with Gasteiger partial charge in [-0.2, -0.15) is 0 Å². The Balaban J connectivity index is 2.26. The highest BCUT2D eigenvalue weighted by Gasteiger charge is 2.15. The molecule has 3 nitrogen and oxygen atoms in total. The van der Waals surface area contributed by atoms with Gasteiger partial charge in [0.2, 0.25) is 0 Å². The van der Waals surface area contributed by atoms with Crippen molar-refractivity contribution in [2.24, 2.45) is 5.73 Å². The lowest BCUT2D eigenvalue weighted by Crippen LogP contribution is -2.12. The van der Waals surface area contributed by atoms with Crippen LogP contribution < -0.4 is 11.1 Å². The highest BCUT2D eigenvalue weighted by molar-refractivity contribution is 7.20. The van der Waals surface area contributed by atoms with Gasteiger partial charge in [-0.25, -0.2) is 0 Å². The summed E-state index contributed by atoms with van der Waals surface area (Å²) in [4.78, 5) is 12.2. The first kappa shape index (κ1) is 14.9. The second-order valence-corrected chi connectivity index (χ2v) is 6.03. The van der Waals surface area contributed by atoms with E-state index in [0.29, 0.717) is 25.5 Å². The van der Waals surface area contributed by atoms with Gasteiger partial charge in [-0.3, -0.25) is 4.79 Å². The van der Waals surface area contributed by atoms with Crippen LogP contribution in [0.4, 0.5) is 5.69 Å². The molecule has 1 heterocycles. The first-order valence-electron chi connectivity index (χ1n) is 5.66. The molecule has 1 aromatic heterocycles. The smallest absolute Gasteiger partial charge is 0.258 e. The van der Waals surface area contributed by atoms with Crippen molar-refractivity contribution in [2.45, 2.75) is 0 Å². The van der Waals surface area contributed by atoms with Gasteiger partial charge in [-0.05, 0) is 18.2 Å². The minimum atomic E-state index is -0.319. The normalized spacial score (nSPS) is 9.75. The molecule has 6 heteroatoms. The largest absolute Gasteiger partial charge is 0.321 e. The molecule has 1 aromatic carbocycles. The van der Waals surface area contributed by atoms with E-state index in [1.807, 2.05) is 12.1 Å². The Kier molecular flexibility index (Phi) is 5.05. The molecule has 3 N–H and O–H groups in total. The molecule has 1 amide bonds. The predicted molar refractivity (Wildman–Crippen MR) is 84.7 cm³/mol. The molecule has 0 aliphatic heterocycles. The number of amides is 1. The van der Waals surface area contributed by atoms with Crippen LogP contribution in [0.5, 0.6) is 0 Å². The van der Waals surface area contributed by atoms with Crippen LogP contribution in [0.3, 0.4) is 0 Å². The minimum absolute atomic E-state index is 0.258. The van der Waals surface area contributed by atoms with Crippen molar-refractivity contribution < 1.29 is 4.79 Å². The van der Waals surface area contributed by atoms with E-state index in [4.69, 9.17) is 28.9 Å². The summed E-state index contributed by atoms with van der Waals surface area (Å²) in [7, 11) is 0. The summed E-state index contributed by atoms with van der Waals surface area (Å²) in [5.74, 6) is 5.34. The molecule has 0 saturated heterocycles. The van der Waals surface area contributed by atoms with E-state index in [0.717, 1.165) is 11.3 Å². The molecule has 0 spiro atoms. The molecule has 0 fully saturated rings. The number of halogens is 2. The lowest BCUT2D eigenvalue weighted by molar-refractivity contribution is 0.102. The molecule has 2 aromatic rings. The zero-order chi connectivity index (χ0) is 14.5. The van der Waals surface area contributed by atoms with Crippen molar-refractivity contribution in [1.29, 1.82) is 0 Å². The van der Waals surface area contributed by atoms with Crippen molar-refractivity contribution in [2.75, 3.05) is 11.9 Å². The second-order valence-electron chi connectivity index (χ2n) is 3.74. The summed E-state index contributed by atoms with van der Waals surface area (Å²) in [6, 6.07) is 8.76. The van der Waals surface area contributed by atoms with E-state index in [1.54, 1.807) is 12.1 Å². The number of carbonyl (C=O) groups is 1. The predicted octanol–water partition coefficient (Wildman–Crippen LogP) is 3.62. The van der Waals surface area contributed by atoms with Crippen LogP contribution in [-0.2, 0) is 0 Å². The zero-order valence-corrected chi connectivity index (χ0v) is 12.6. The maximum absolute atomic E-state index is 12.2. The molecule has 0 radical (unpaired) electrons. The maximum atomic E-state index is 12.2. The summed E-state index contributed by atoms with van der Waals surface area (Å²) >= 11 is 12.9. The van der Waals surface area contributed by atoms with Gasteiger partial charge in [0.15, 0.2) is 0 Å². The number of para-hydroxylation sites is 1. The Morgan fingerprint density at radius 3 is 2.75 bits per heavy atom. The number of thiophene rings is 1. The van der Waals surface area contributed by atoms with Crippen LogP contribution in [0.2, 0.25) is 8.67 Å². The third-order valence-electron chi connectivity index (χ3n) is 2.40. The summed E-state index contributed by atoms with van der Waals surface area (Å²) in [6.45, 7) is 0.258. The van der Waals surface area contributed by atoms with E-state index >= 15 is 0 Å². The number of carbonyl (C=O) groups excluding carboxylic acids is 1. The minimum Gasteiger partial charge on any atom is -0.321 e. The van der Waals surface area contributed by atoms with Gasteiger partial charge >= 0.3 is 0 Å². The summed E-state index contributed by atoms with van der Waals surface area (Å²) in [5, 5.41) is 2.77. The van der Waals surface area contributed by atoms with Gasteiger partial charge in [0.05, 0.1) is 22.1 Å². The highest BCUT2D eigenvalue weighted by Crippen LogP contribution is 2.31. The van der Waals surface area contributed by atoms with Gasteiger partial charge in [-0.1, -0.05) is 47.2 Å². The third-order valence-corrected chi connectivity index (χ3v) is 3.89. The molecule has 0 bridgehead atoms. The topological polar surface area (TPSA) is 55.1 Å². The Labute approximate surface area is 130 Å². The number of hydrogen-bond acceptors (Lipinski definition) is 3. The fourth-order valence-corrected chi connectivity index (χ4v) is 2.99. The van der Waals surface area contributed by atoms with Crippen LogP contribution in [0.1, 0.15) is 15.9 Å². The van der Waals surface area contributed by atoms with Crippen LogP contribution >= 0.6 is 34.5 Å². The van der Waals surface area contributed by atoms with Crippen molar-refractivity contribution in [3.63, 3.8) is 0 Å². The maximum Gasteiger partial charge on any atom is 0.258 e. The Bertz CT molecular complexity index is 701. The molecular formula is C14H10Cl2N2OS. The van der Waals surface area contributed by atoms with Gasteiger partial charge in [0.1, 0.15) is 4.34 Å². The van der Waals surface area contributed by atoms with Gasteiger partial charge in [0.25, 0.3) is 5.91 Å².